The monoisotopic (exact) mass is 336 g/mol. The Kier molecular flexibility index (Phi) is 4.62. The third-order valence-corrected chi connectivity index (χ3v) is 4.18. The maximum atomic E-state index is 12.5. The molecule has 0 spiro atoms. The van der Waals surface area contributed by atoms with E-state index in [0.29, 0.717) is 23.8 Å². The van der Waals surface area contributed by atoms with Crippen LogP contribution in [0, 0.1) is 11.3 Å². The summed E-state index contributed by atoms with van der Waals surface area (Å²) in [6.07, 6.45) is 1.81. The van der Waals surface area contributed by atoms with Crippen molar-refractivity contribution in [1.29, 1.82) is 5.26 Å². The number of nitrogens with zero attached hydrogens (tertiary/aromatic N) is 2. The van der Waals surface area contributed by atoms with Gasteiger partial charge in [0.05, 0.1) is 29.4 Å². The van der Waals surface area contributed by atoms with Gasteiger partial charge in [0.15, 0.2) is 6.61 Å². The van der Waals surface area contributed by atoms with Crippen molar-refractivity contribution in [2.24, 2.45) is 0 Å². The van der Waals surface area contributed by atoms with Crippen LogP contribution in [0.3, 0.4) is 0 Å². The van der Waals surface area contributed by atoms with E-state index in [2.05, 4.69) is 19.9 Å². The molecule has 3 aromatic rings. The van der Waals surface area contributed by atoms with E-state index < -0.39 is 0 Å². The Labute approximate surface area is 146 Å². The van der Waals surface area contributed by atoms with Crippen molar-refractivity contribution in [2.45, 2.75) is 26.7 Å². The summed E-state index contributed by atoms with van der Waals surface area (Å²) in [5.41, 5.74) is 3.43. The molecule has 0 unspecified atom stereocenters. The van der Waals surface area contributed by atoms with Gasteiger partial charge in [-0.3, -0.25) is 0 Å². The molecule has 5 nitrogen and oxygen atoms in total. The highest BCUT2D eigenvalue weighted by molar-refractivity contribution is 6.11. The van der Waals surface area contributed by atoms with Gasteiger partial charge < -0.3 is 13.9 Å². The third-order valence-electron chi connectivity index (χ3n) is 4.18. The number of carbonyl (C=O) groups excluding carboxylic acids is 1. The van der Waals surface area contributed by atoms with Crippen LogP contribution >= 0.6 is 0 Å². The van der Waals surface area contributed by atoms with E-state index in [-0.39, 0.29) is 12.6 Å². The number of pyridine rings is 1. The number of esters is 1. The predicted octanol–water partition coefficient (Wildman–Crippen LogP) is 4.29. The Hall–Kier alpha value is -3.00. The van der Waals surface area contributed by atoms with E-state index in [1.165, 1.54) is 5.56 Å². The highest BCUT2D eigenvalue weighted by Crippen LogP contribution is 2.31. The smallest absolute Gasteiger partial charge is 0.340 e. The fourth-order valence-electron chi connectivity index (χ4n) is 2.96. The van der Waals surface area contributed by atoms with Gasteiger partial charge in [-0.15, -0.1) is 0 Å². The lowest BCUT2D eigenvalue weighted by atomic mass is 10.0. The van der Waals surface area contributed by atoms with Crippen LogP contribution in [0.4, 0.5) is 0 Å². The van der Waals surface area contributed by atoms with E-state index >= 15 is 0 Å². The molecule has 0 fully saturated rings. The van der Waals surface area contributed by atoms with Crippen LogP contribution in [0.1, 0.15) is 42.6 Å². The first-order chi connectivity index (χ1) is 12.1. The van der Waals surface area contributed by atoms with Gasteiger partial charge in [0.1, 0.15) is 11.8 Å². The van der Waals surface area contributed by atoms with Gasteiger partial charge in [-0.2, -0.15) is 5.26 Å². The minimum Gasteiger partial charge on any atom is -0.477 e. The molecule has 0 N–H and O–H groups in total. The zero-order chi connectivity index (χ0) is 18.0. The lowest BCUT2D eigenvalue weighted by Crippen LogP contribution is -2.04. The van der Waals surface area contributed by atoms with E-state index in [4.69, 9.17) is 14.7 Å². The standard InChI is InChI=1S/C20H20N2O3/c1-4-24-20(23)19-16-7-5-14(13(2)3)11-18(16)22-12-15(25-10-9-21)6-8-17(19)22/h5-8,11-13H,4,10H2,1-3H3. The number of ether oxygens (including phenoxy) is 2. The predicted molar refractivity (Wildman–Crippen MR) is 96.1 cm³/mol. The summed E-state index contributed by atoms with van der Waals surface area (Å²) in [5, 5.41) is 9.55. The Morgan fingerprint density at radius 1 is 1.24 bits per heavy atom. The molecule has 5 heteroatoms. The Morgan fingerprint density at radius 3 is 2.72 bits per heavy atom. The molecule has 0 radical (unpaired) electrons. The van der Waals surface area contributed by atoms with Crippen LogP contribution in [-0.4, -0.2) is 23.6 Å². The van der Waals surface area contributed by atoms with Crippen molar-refractivity contribution in [2.75, 3.05) is 13.2 Å². The van der Waals surface area contributed by atoms with Gasteiger partial charge in [0, 0.05) is 5.39 Å². The zero-order valence-corrected chi connectivity index (χ0v) is 14.6. The van der Waals surface area contributed by atoms with Crippen molar-refractivity contribution in [3.63, 3.8) is 0 Å². The molecule has 25 heavy (non-hydrogen) atoms. The average Bonchev–Trinajstić information content (AvgIpc) is 2.93. The summed E-state index contributed by atoms with van der Waals surface area (Å²) in [6, 6.07) is 11.7. The van der Waals surface area contributed by atoms with Crippen molar-refractivity contribution >= 4 is 22.4 Å². The van der Waals surface area contributed by atoms with Crippen molar-refractivity contribution in [1.82, 2.24) is 4.40 Å². The lowest BCUT2D eigenvalue weighted by Gasteiger charge is -2.06. The van der Waals surface area contributed by atoms with E-state index in [9.17, 15) is 4.79 Å². The maximum absolute atomic E-state index is 12.5. The van der Waals surface area contributed by atoms with Crippen molar-refractivity contribution in [3.05, 3.63) is 47.7 Å². The number of aromatic nitrogens is 1. The third kappa shape index (κ3) is 3.03. The van der Waals surface area contributed by atoms with Crippen molar-refractivity contribution in [3.8, 4) is 11.8 Å². The molecule has 0 saturated carbocycles. The number of carbonyl (C=O) groups is 1. The van der Waals surface area contributed by atoms with E-state index in [1.807, 2.05) is 34.9 Å². The summed E-state index contributed by atoms with van der Waals surface area (Å²) in [6.45, 7) is 6.36. The molecule has 0 aliphatic heterocycles. The summed E-state index contributed by atoms with van der Waals surface area (Å²) in [5.74, 6) is 0.619. The van der Waals surface area contributed by atoms with Crippen LogP contribution in [-0.2, 0) is 4.74 Å². The number of benzene rings is 1. The lowest BCUT2D eigenvalue weighted by molar-refractivity contribution is 0.0531. The zero-order valence-electron chi connectivity index (χ0n) is 14.6. The molecule has 2 heterocycles. The van der Waals surface area contributed by atoms with E-state index in [1.54, 1.807) is 13.0 Å². The molecule has 0 saturated heterocycles. The highest BCUT2D eigenvalue weighted by Gasteiger charge is 2.20. The SMILES string of the molecule is CCOC(=O)c1c2ccc(C(C)C)cc2n2cc(OCC#N)ccc12. The molecule has 0 bridgehead atoms. The molecular weight excluding hydrogens is 316 g/mol. The first-order valence-corrected chi connectivity index (χ1v) is 8.31. The molecule has 128 valence electrons. The second kappa shape index (κ2) is 6.86. The van der Waals surface area contributed by atoms with E-state index in [0.717, 1.165) is 16.4 Å². The summed E-state index contributed by atoms with van der Waals surface area (Å²) < 4.78 is 12.6. The number of hydrogen-bond donors (Lipinski definition) is 0. The fraction of sp³-hybridized carbons (Fsp3) is 0.300. The molecule has 0 aliphatic carbocycles. The van der Waals surface area contributed by atoms with Crippen molar-refractivity contribution < 1.29 is 14.3 Å². The largest absolute Gasteiger partial charge is 0.477 e. The Balaban J connectivity index is 2.29. The summed E-state index contributed by atoms with van der Waals surface area (Å²) in [4.78, 5) is 12.5. The minimum atomic E-state index is -0.335. The Bertz CT molecular complexity index is 980. The average molecular weight is 336 g/mol. The molecule has 1 aromatic carbocycles. The molecule has 0 atom stereocenters. The second-order valence-electron chi connectivity index (χ2n) is 6.09. The van der Waals surface area contributed by atoms with Gasteiger partial charge in [-0.05, 0) is 36.6 Å². The summed E-state index contributed by atoms with van der Waals surface area (Å²) in [7, 11) is 0. The Morgan fingerprint density at radius 2 is 2.04 bits per heavy atom. The van der Waals surface area contributed by atoms with Gasteiger partial charge in [-0.25, -0.2) is 4.79 Å². The maximum Gasteiger partial charge on any atom is 0.340 e. The number of rotatable bonds is 5. The molecule has 2 aromatic heterocycles. The molecule has 0 aliphatic rings. The number of nitriles is 1. The van der Waals surface area contributed by atoms with Crippen LogP contribution in [0.5, 0.6) is 5.75 Å². The number of hydrogen-bond acceptors (Lipinski definition) is 4. The quantitative estimate of drug-likeness (QED) is 0.652. The summed E-state index contributed by atoms with van der Waals surface area (Å²) >= 11 is 0. The van der Waals surface area contributed by atoms with Gasteiger partial charge >= 0.3 is 5.97 Å². The molecule has 0 amide bonds. The van der Waals surface area contributed by atoms with Crippen LogP contribution < -0.4 is 4.74 Å². The second-order valence-corrected chi connectivity index (χ2v) is 6.09. The topological polar surface area (TPSA) is 63.7 Å². The fourth-order valence-corrected chi connectivity index (χ4v) is 2.96. The van der Waals surface area contributed by atoms with Crippen LogP contribution in [0.2, 0.25) is 0 Å². The minimum absolute atomic E-state index is 0.0211. The highest BCUT2D eigenvalue weighted by atomic mass is 16.5. The van der Waals surface area contributed by atoms with Gasteiger partial charge in [-0.1, -0.05) is 26.0 Å². The first kappa shape index (κ1) is 16.8. The molecule has 3 rings (SSSR count). The normalized spacial score (nSPS) is 11.0. The molecular formula is C20H20N2O3. The van der Waals surface area contributed by atoms with Crippen LogP contribution in [0.25, 0.3) is 16.4 Å². The number of fused-ring (bicyclic) bond motifs is 3. The first-order valence-electron chi connectivity index (χ1n) is 8.31. The van der Waals surface area contributed by atoms with Gasteiger partial charge in [0.25, 0.3) is 0 Å². The van der Waals surface area contributed by atoms with Crippen LogP contribution in [0.15, 0.2) is 36.5 Å². The van der Waals surface area contributed by atoms with Gasteiger partial charge in [0.2, 0.25) is 0 Å².